The zero-order valence-electron chi connectivity index (χ0n) is 10.9. The smallest absolute Gasteiger partial charge is 0.159 e. The van der Waals surface area contributed by atoms with Gasteiger partial charge in [0.15, 0.2) is 5.78 Å². The van der Waals surface area contributed by atoms with Gasteiger partial charge in [-0.05, 0) is 37.1 Å². The molecular formula is C14H22N2O. The molecule has 0 fully saturated rings. The summed E-state index contributed by atoms with van der Waals surface area (Å²) >= 11 is 0. The molecule has 0 spiro atoms. The molecule has 0 radical (unpaired) electrons. The van der Waals surface area contributed by atoms with E-state index < -0.39 is 0 Å². The minimum Gasteiger partial charge on any atom is -0.370 e. The molecular weight excluding hydrogens is 212 g/mol. The van der Waals surface area contributed by atoms with E-state index in [0.717, 1.165) is 24.3 Å². The molecule has 3 nitrogen and oxygen atoms in total. The molecule has 0 aromatic heterocycles. The largest absolute Gasteiger partial charge is 0.370 e. The van der Waals surface area contributed by atoms with Crippen molar-refractivity contribution in [2.75, 3.05) is 24.5 Å². The molecule has 0 amide bonds. The van der Waals surface area contributed by atoms with Crippen LogP contribution in [0.3, 0.4) is 0 Å². The summed E-state index contributed by atoms with van der Waals surface area (Å²) in [5, 5.41) is 0. The van der Waals surface area contributed by atoms with E-state index in [9.17, 15) is 4.79 Å². The normalized spacial score (nSPS) is 10.6. The summed E-state index contributed by atoms with van der Waals surface area (Å²) in [6, 6.07) is 7.74. The lowest BCUT2D eigenvalue weighted by Crippen LogP contribution is -2.32. The van der Waals surface area contributed by atoms with Crippen LogP contribution in [0.4, 0.5) is 5.69 Å². The summed E-state index contributed by atoms with van der Waals surface area (Å²) in [6.07, 6.45) is 0. The van der Waals surface area contributed by atoms with Crippen LogP contribution in [0.2, 0.25) is 0 Å². The fourth-order valence-corrected chi connectivity index (χ4v) is 1.83. The number of benzene rings is 1. The van der Waals surface area contributed by atoms with Crippen LogP contribution in [0.5, 0.6) is 0 Å². The number of anilines is 1. The SMILES string of the molecule is CC(=O)c1ccc(N(CCN)CC(C)C)cc1. The second kappa shape index (κ2) is 6.40. The summed E-state index contributed by atoms with van der Waals surface area (Å²) in [5.41, 5.74) is 7.51. The van der Waals surface area contributed by atoms with Crippen molar-refractivity contribution in [3.63, 3.8) is 0 Å². The maximum Gasteiger partial charge on any atom is 0.159 e. The fourth-order valence-electron chi connectivity index (χ4n) is 1.83. The zero-order valence-corrected chi connectivity index (χ0v) is 10.9. The second-order valence-electron chi connectivity index (χ2n) is 4.73. The van der Waals surface area contributed by atoms with Gasteiger partial charge >= 0.3 is 0 Å². The van der Waals surface area contributed by atoms with Gasteiger partial charge in [-0.1, -0.05) is 13.8 Å². The Morgan fingerprint density at radius 2 is 1.88 bits per heavy atom. The maximum atomic E-state index is 11.2. The number of carbonyl (C=O) groups is 1. The van der Waals surface area contributed by atoms with Crippen molar-refractivity contribution in [3.05, 3.63) is 29.8 Å². The first-order chi connectivity index (χ1) is 8.04. The van der Waals surface area contributed by atoms with E-state index in [2.05, 4.69) is 18.7 Å². The number of hydrogen-bond donors (Lipinski definition) is 1. The first-order valence-corrected chi connectivity index (χ1v) is 6.10. The molecule has 0 unspecified atom stereocenters. The van der Waals surface area contributed by atoms with Gasteiger partial charge in [-0.2, -0.15) is 0 Å². The maximum absolute atomic E-state index is 11.2. The predicted octanol–water partition coefficient (Wildman–Crippen LogP) is 2.31. The Morgan fingerprint density at radius 3 is 2.29 bits per heavy atom. The Labute approximate surface area is 104 Å². The molecule has 0 saturated heterocycles. The van der Waals surface area contributed by atoms with Crippen LogP contribution in [-0.4, -0.2) is 25.4 Å². The molecule has 0 heterocycles. The van der Waals surface area contributed by atoms with Crippen LogP contribution in [0, 0.1) is 5.92 Å². The van der Waals surface area contributed by atoms with Gasteiger partial charge in [0, 0.05) is 30.9 Å². The summed E-state index contributed by atoms with van der Waals surface area (Å²) in [5.74, 6) is 0.694. The van der Waals surface area contributed by atoms with Gasteiger partial charge in [-0.3, -0.25) is 4.79 Å². The van der Waals surface area contributed by atoms with Gasteiger partial charge in [0.1, 0.15) is 0 Å². The molecule has 1 rings (SSSR count). The quantitative estimate of drug-likeness (QED) is 0.768. The van der Waals surface area contributed by atoms with Gasteiger partial charge in [0.05, 0.1) is 0 Å². The third-order valence-corrected chi connectivity index (χ3v) is 2.62. The molecule has 0 atom stereocenters. The minimum atomic E-state index is 0.103. The number of nitrogens with two attached hydrogens (primary N) is 1. The van der Waals surface area contributed by atoms with Gasteiger partial charge < -0.3 is 10.6 Å². The van der Waals surface area contributed by atoms with Crippen LogP contribution in [0.1, 0.15) is 31.1 Å². The first-order valence-electron chi connectivity index (χ1n) is 6.10. The number of ketones is 1. The highest BCUT2D eigenvalue weighted by atomic mass is 16.1. The van der Waals surface area contributed by atoms with Gasteiger partial charge in [0.25, 0.3) is 0 Å². The van der Waals surface area contributed by atoms with Crippen molar-refractivity contribution in [2.24, 2.45) is 11.7 Å². The molecule has 0 aliphatic carbocycles. The average Bonchev–Trinajstić information content (AvgIpc) is 2.28. The standard InChI is InChI=1S/C14H22N2O/c1-11(2)10-16(9-8-15)14-6-4-13(5-7-14)12(3)17/h4-7,11H,8-10,15H2,1-3H3. The van der Waals surface area contributed by atoms with E-state index in [0.29, 0.717) is 12.5 Å². The summed E-state index contributed by atoms with van der Waals surface area (Å²) in [7, 11) is 0. The van der Waals surface area contributed by atoms with Gasteiger partial charge in [-0.25, -0.2) is 0 Å². The Kier molecular flexibility index (Phi) is 5.16. The van der Waals surface area contributed by atoms with Crippen molar-refractivity contribution in [3.8, 4) is 0 Å². The summed E-state index contributed by atoms with van der Waals surface area (Å²) < 4.78 is 0. The molecule has 1 aromatic rings. The van der Waals surface area contributed by atoms with Crippen molar-refractivity contribution in [1.29, 1.82) is 0 Å². The van der Waals surface area contributed by atoms with Crippen molar-refractivity contribution >= 4 is 11.5 Å². The number of rotatable bonds is 6. The lowest BCUT2D eigenvalue weighted by molar-refractivity contribution is 0.101. The molecule has 3 heteroatoms. The van der Waals surface area contributed by atoms with Crippen LogP contribution < -0.4 is 10.6 Å². The lowest BCUT2D eigenvalue weighted by atomic mass is 10.1. The number of carbonyl (C=O) groups excluding carboxylic acids is 1. The first kappa shape index (κ1) is 13.7. The molecule has 1 aromatic carbocycles. The number of hydrogen-bond acceptors (Lipinski definition) is 3. The predicted molar refractivity (Wildman–Crippen MR) is 72.6 cm³/mol. The summed E-state index contributed by atoms with van der Waals surface area (Å²) in [4.78, 5) is 13.5. The summed E-state index contributed by atoms with van der Waals surface area (Å²) in [6.45, 7) is 8.43. The number of Topliss-reactive ketones (excluding diaryl/α,β-unsaturated/α-hetero) is 1. The third-order valence-electron chi connectivity index (χ3n) is 2.62. The van der Waals surface area contributed by atoms with Gasteiger partial charge in [0.2, 0.25) is 0 Å². The highest BCUT2D eigenvalue weighted by Crippen LogP contribution is 2.16. The molecule has 0 bridgehead atoms. The fraction of sp³-hybridized carbons (Fsp3) is 0.500. The molecule has 0 saturated carbocycles. The number of nitrogens with zero attached hydrogens (tertiary/aromatic N) is 1. The zero-order chi connectivity index (χ0) is 12.8. The van der Waals surface area contributed by atoms with Crippen LogP contribution in [-0.2, 0) is 0 Å². The van der Waals surface area contributed by atoms with Crippen molar-refractivity contribution < 1.29 is 4.79 Å². The highest BCUT2D eigenvalue weighted by molar-refractivity contribution is 5.94. The van der Waals surface area contributed by atoms with E-state index >= 15 is 0 Å². The van der Waals surface area contributed by atoms with E-state index in [4.69, 9.17) is 5.73 Å². The molecule has 0 aliphatic rings. The molecule has 17 heavy (non-hydrogen) atoms. The van der Waals surface area contributed by atoms with Gasteiger partial charge in [-0.15, -0.1) is 0 Å². The van der Waals surface area contributed by atoms with Crippen LogP contribution in [0.25, 0.3) is 0 Å². The third kappa shape index (κ3) is 4.19. The second-order valence-corrected chi connectivity index (χ2v) is 4.73. The van der Waals surface area contributed by atoms with Crippen LogP contribution >= 0.6 is 0 Å². The topological polar surface area (TPSA) is 46.3 Å². The van der Waals surface area contributed by atoms with Crippen molar-refractivity contribution in [2.45, 2.75) is 20.8 Å². The van der Waals surface area contributed by atoms with E-state index in [1.807, 2.05) is 24.3 Å². The lowest BCUT2D eigenvalue weighted by Gasteiger charge is -2.26. The molecule has 2 N–H and O–H groups in total. The Morgan fingerprint density at radius 1 is 1.29 bits per heavy atom. The molecule has 0 aliphatic heterocycles. The minimum absolute atomic E-state index is 0.103. The monoisotopic (exact) mass is 234 g/mol. The van der Waals surface area contributed by atoms with Crippen LogP contribution in [0.15, 0.2) is 24.3 Å². The van der Waals surface area contributed by atoms with Crippen molar-refractivity contribution in [1.82, 2.24) is 0 Å². The van der Waals surface area contributed by atoms with E-state index in [1.165, 1.54) is 0 Å². The Bertz CT molecular complexity index is 357. The Balaban J connectivity index is 2.83. The van der Waals surface area contributed by atoms with E-state index in [-0.39, 0.29) is 5.78 Å². The van der Waals surface area contributed by atoms with E-state index in [1.54, 1.807) is 6.92 Å². The molecule has 94 valence electrons. The average molecular weight is 234 g/mol. The highest BCUT2D eigenvalue weighted by Gasteiger charge is 2.08. The Hall–Kier alpha value is -1.35.